The molecule has 0 radical (unpaired) electrons. The molecule has 0 amide bonds. The smallest absolute Gasteiger partial charge is 0.433 e. The van der Waals surface area contributed by atoms with Gasteiger partial charge in [-0.1, -0.05) is 0 Å². The highest BCUT2D eigenvalue weighted by atomic mass is 19.4. The van der Waals surface area contributed by atoms with E-state index in [-0.39, 0.29) is 23.2 Å². The van der Waals surface area contributed by atoms with Crippen molar-refractivity contribution in [1.82, 2.24) is 19.9 Å². The highest BCUT2D eigenvalue weighted by Gasteiger charge is 2.34. The Bertz CT molecular complexity index is 617. The van der Waals surface area contributed by atoms with Crippen molar-refractivity contribution in [3.05, 3.63) is 24.2 Å². The number of halogens is 3. The zero-order valence-corrected chi connectivity index (χ0v) is 10.6. The molecule has 2 heterocycles. The molecule has 0 saturated carbocycles. The first-order valence-corrected chi connectivity index (χ1v) is 5.45. The van der Waals surface area contributed by atoms with Crippen LogP contribution in [-0.2, 0) is 6.18 Å². The van der Waals surface area contributed by atoms with Gasteiger partial charge in [0, 0.05) is 19.4 Å². The molecule has 20 heavy (non-hydrogen) atoms. The standard InChI is InChI=1S/C11H10F3N5O/c1-15-10-18-6(5-7(19-10)11(12,13)14)8-9(20-2)17-4-3-16-8/h3-5H,1-2H3,(H,15,18,19). The van der Waals surface area contributed by atoms with Gasteiger partial charge in [0.1, 0.15) is 5.69 Å². The van der Waals surface area contributed by atoms with E-state index in [0.29, 0.717) is 0 Å². The molecular formula is C11H10F3N5O. The van der Waals surface area contributed by atoms with Gasteiger partial charge >= 0.3 is 6.18 Å². The van der Waals surface area contributed by atoms with Gasteiger partial charge in [0.25, 0.3) is 0 Å². The summed E-state index contributed by atoms with van der Waals surface area (Å²) in [5.41, 5.74) is -0.986. The number of alkyl halides is 3. The first-order chi connectivity index (χ1) is 9.45. The summed E-state index contributed by atoms with van der Waals surface area (Å²) in [6.45, 7) is 0. The Morgan fingerprint density at radius 3 is 2.45 bits per heavy atom. The van der Waals surface area contributed by atoms with E-state index in [1.165, 1.54) is 26.6 Å². The fourth-order valence-corrected chi connectivity index (χ4v) is 1.48. The monoisotopic (exact) mass is 285 g/mol. The third-order valence-corrected chi connectivity index (χ3v) is 2.34. The molecule has 9 heteroatoms. The van der Waals surface area contributed by atoms with Gasteiger partial charge in [-0.2, -0.15) is 13.2 Å². The van der Waals surface area contributed by atoms with Gasteiger partial charge < -0.3 is 10.1 Å². The number of nitrogens with one attached hydrogen (secondary N) is 1. The molecule has 6 nitrogen and oxygen atoms in total. The summed E-state index contributed by atoms with van der Waals surface area (Å²) in [4.78, 5) is 15.1. The highest BCUT2D eigenvalue weighted by Crippen LogP contribution is 2.32. The van der Waals surface area contributed by atoms with Crippen LogP contribution in [0.15, 0.2) is 18.5 Å². The van der Waals surface area contributed by atoms with Crippen molar-refractivity contribution in [3.8, 4) is 17.3 Å². The molecule has 0 spiro atoms. The van der Waals surface area contributed by atoms with E-state index in [1.807, 2.05) is 0 Å². The van der Waals surface area contributed by atoms with E-state index in [9.17, 15) is 13.2 Å². The third-order valence-electron chi connectivity index (χ3n) is 2.34. The van der Waals surface area contributed by atoms with Crippen molar-refractivity contribution in [2.24, 2.45) is 0 Å². The summed E-state index contributed by atoms with van der Waals surface area (Å²) in [6, 6.07) is 0.799. The van der Waals surface area contributed by atoms with Gasteiger partial charge in [0.2, 0.25) is 11.8 Å². The number of aromatic nitrogens is 4. The van der Waals surface area contributed by atoms with Crippen LogP contribution in [0, 0.1) is 0 Å². The van der Waals surface area contributed by atoms with Crippen molar-refractivity contribution >= 4 is 5.95 Å². The fraction of sp³-hybridized carbons (Fsp3) is 0.273. The second kappa shape index (κ2) is 5.27. The number of hydrogen-bond acceptors (Lipinski definition) is 6. The molecule has 0 aliphatic heterocycles. The summed E-state index contributed by atoms with van der Waals surface area (Å²) >= 11 is 0. The second-order valence-corrected chi connectivity index (χ2v) is 3.62. The number of anilines is 1. The minimum Gasteiger partial charge on any atom is -0.479 e. The summed E-state index contributed by atoms with van der Waals surface area (Å²) < 4.78 is 43.4. The SMILES string of the molecule is CNc1nc(-c2nccnc2OC)cc(C(F)(F)F)n1. The molecular weight excluding hydrogens is 275 g/mol. The first-order valence-electron chi connectivity index (χ1n) is 5.45. The average Bonchev–Trinajstić information content (AvgIpc) is 2.45. The number of hydrogen-bond donors (Lipinski definition) is 1. The van der Waals surface area contributed by atoms with Gasteiger partial charge in [-0.25, -0.2) is 19.9 Å². The van der Waals surface area contributed by atoms with Crippen LogP contribution in [0.5, 0.6) is 5.88 Å². The predicted molar refractivity (Wildman–Crippen MR) is 64.2 cm³/mol. The Hall–Kier alpha value is -2.45. The van der Waals surface area contributed by atoms with Crippen molar-refractivity contribution in [2.45, 2.75) is 6.18 Å². The van der Waals surface area contributed by atoms with E-state index >= 15 is 0 Å². The van der Waals surface area contributed by atoms with Crippen LogP contribution in [0.2, 0.25) is 0 Å². The van der Waals surface area contributed by atoms with Crippen molar-refractivity contribution < 1.29 is 17.9 Å². The third kappa shape index (κ3) is 2.76. The predicted octanol–water partition coefficient (Wildman–Crippen LogP) is 2.00. The van der Waals surface area contributed by atoms with Gasteiger partial charge in [0.05, 0.1) is 7.11 Å². The molecule has 0 aliphatic rings. The van der Waals surface area contributed by atoms with E-state index in [0.717, 1.165) is 6.07 Å². The minimum atomic E-state index is -4.58. The molecule has 1 N–H and O–H groups in total. The minimum absolute atomic E-state index is 0.0263. The van der Waals surface area contributed by atoms with Crippen LogP contribution in [0.1, 0.15) is 5.69 Å². The molecule has 0 atom stereocenters. The van der Waals surface area contributed by atoms with Gasteiger partial charge in [-0.15, -0.1) is 0 Å². The largest absolute Gasteiger partial charge is 0.479 e. The van der Waals surface area contributed by atoms with Crippen LogP contribution in [-0.4, -0.2) is 34.1 Å². The molecule has 0 bridgehead atoms. The zero-order chi connectivity index (χ0) is 14.8. The molecule has 0 saturated heterocycles. The number of ether oxygens (including phenoxy) is 1. The normalized spacial score (nSPS) is 11.2. The maximum absolute atomic E-state index is 12.8. The Labute approximate surface area is 112 Å². The van der Waals surface area contributed by atoms with Crippen LogP contribution < -0.4 is 10.1 Å². The quantitative estimate of drug-likeness (QED) is 0.930. The lowest BCUT2D eigenvalue weighted by atomic mass is 10.2. The summed E-state index contributed by atoms with van der Waals surface area (Å²) in [7, 11) is 2.77. The van der Waals surface area contributed by atoms with Crippen molar-refractivity contribution in [2.75, 3.05) is 19.5 Å². The number of methoxy groups -OCH3 is 1. The fourth-order valence-electron chi connectivity index (χ4n) is 1.48. The van der Waals surface area contributed by atoms with Crippen molar-refractivity contribution in [1.29, 1.82) is 0 Å². The van der Waals surface area contributed by atoms with Crippen molar-refractivity contribution in [3.63, 3.8) is 0 Å². The highest BCUT2D eigenvalue weighted by molar-refractivity contribution is 5.61. The number of rotatable bonds is 3. The van der Waals surface area contributed by atoms with E-state index in [1.54, 1.807) is 0 Å². The Morgan fingerprint density at radius 2 is 1.85 bits per heavy atom. The second-order valence-electron chi connectivity index (χ2n) is 3.62. The topological polar surface area (TPSA) is 72.8 Å². The van der Waals surface area contributed by atoms with Crippen LogP contribution in [0.25, 0.3) is 11.4 Å². The summed E-state index contributed by atoms with van der Waals surface area (Å²) in [5.74, 6) is -0.0797. The molecule has 0 fully saturated rings. The van der Waals surface area contributed by atoms with Crippen LogP contribution in [0.4, 0.5) is 19.1 Å². The average molecular weight is 285 g/mol. The van der Waals surface area contributed by atoms with Gasteiger partial charge in [-0.05, 0) is 6.07 Å². The molecule has 0 aliphatic carbocycles. The van der Waals surface area contributed by atoms with Gasteiger partial charge in [-0.3, -0.25) is 0 Å². The van der Waals surface area contributed by atoms with E-state index in [4.69, 9.17) is 4.74 Å². The van der Waals surface area contributed by atoms with Gasteiger partial charge in [0.15, 0.2) is 11.4 Å². The maximum Gasteiger partial charge on any atom is 0.433 e. The summed E-state index contributed by atoms with van der Waals surface area (Å²) in [6.07, 6.45) is -1.88. The van der Waals surface area contributed by atoms with E-state index in [2.05, 4.69) is 25.3 Å². The summed E-state index contributed by atoms with van der Waals surface area (Å²) in [5, 5.41) is 2.48. The number of nitrogens with zero attached hydrogens (tertiary/aromatic N) is 4. The Balaban J connectivity index is 2.62. The van der Waals surface area contributed by atoms with Crippen LogP contribution >= 0.6 is 0 Å². The lowest BCUT2D eigenvalue weighted by Gasteiger charge is -2.11. The zero-order valence-electron chi connectivity index (χ0n) is 10.6. The lowest BCUT2D eigenvalue weighted by molar-refractivity contribution is -0.141. The molecule has 0 unspecified atom stereocenters. The molecule has 2 aromatic heterocycles. The molecule has 106 valence electrons. The molecule has 2 rings (SSSR count). The first kappa shape index (κ1) is 14.0. The van der Waals surface area contributed by atoms with E-state index < -0.39 is 11.9 Å². The molecule has 0 aromatic carbocycles. The van der Waals surface area contributed by atoms with Crippen LogP contribution in [0.3, 0.4) is 0 Å². The molecule has 2 aromatic rings. The lowest BCUT2D eigenvalue weighted by Crippen LogP contribution is -2.11. The Kier molecular flexibility index (Phi) is 3.68. The maximum atomic E-state index is 12.8. The Morgan fingerprint density at radius 1 is 1.15 bits per heavy atom.